The molecule has 2 unspecified atom stereocenters. The Hall–Kier alpha value is -2.71. The molecule has 0 bridgehead atoms. The van der Waals surface area contributed by atoms with Crippen LogP contribution >= 0.6 is 0 Å². The van der Waals surface area contributed by atoms with Gasteiger partial charge in [-0.2, -0.15) is 9.97 Å². The van der Waals surface area contributed by atoms with Gasteiger partial charge in [-0.05, 0) is 36.3 Å². The second-order valence-electron chi connectivity index (χ2n) is 11.9. The van der Waals surface area contributed by atoms with Crippen molar-refractivity contribution in [1.29, 1.82) is 0 Å². The number of methoxy groups -OCH3 is 1. The molecule has 2 aromatic rings. The number of carbonyl (C=O) groups is 1. The molecule has 3 saturated heterocycles. The summed E-state index contributed by atoms with van der Waals surface area (Å²) in [7, 11) is 1.54. The summed E-state index contributed by atoms with van der Waals surface area (Å²) in [6.07, 6.45) is 2.01. The molecule has 8 nitrogen and oxygen atoms in total. The Morgan fingerprint density at radius 3 is 2.32 bits per heavy atom. The first kappa shape index (κ1) is 25.9. The number of fused-ring (bicyclic) bond motifs is 1. The fourth-order valence-electron chi connectivity index (χ4n) is 5.88. The molecule has 37 heavy (non-hydrogen) atoms. The Bertz CT molecular complexity index is 1090. The summed E-state index contributed by atoms with van der Waals surface area (Å²) in [5.41, 5.74) is 3.75. The minimum absolute atomic E-state index is 0.0408. The molecule has 0 radical (unpaired) electrons. The lowest BCUT2D eigenvalue weighted by Gasteiger charge is -2.37. The van der Waals surface area contributed by atoms with E-state index in [-0.39, 0.29) is 17.3 Å². The summed E-state index contributed by atoms with van der Waals surface area (Å²) in [6.45, 7) is 14.7. The summed E-state index contributed by atoms with van der Waals surface area (Å²) in [4.78, 5) is 27.1. The van der Waals surface area contributed by atoms with Crippen molar-refractivity contribution in [1.82, 2.24) is 19.8 Å². The molecular formula is C29H41N5O3. The average molecular weight is 508 g/mol. The summed E-state index contributed by atoms with van der Waals surface area (Å²) in [5, 5.41) is 3.41. The van der Waals surface area contributed by atoms with E-state index in [9.17, 15) is 4.79 Å². The molecule has 2 atom stereocenters. The van der Waals surface area contributed by atoms with Crippen LogP contribution in [0.15, 0.2) is 24.3 Å². The quantitative estimate of drug-likeness (QED) is 0.636. The number of ether oxygens (including phenoxy) is 2. The standard InChI is InChI=1S/C29H41N5O3/c1-19-25(27(35)33-12-10-24(11-13-33)34-15-21-17-37-18-22(21)16-34)31-28(36-5)32-26(19)30-14-20-6-8-23(9-7-20)29(2,3)4/h6-9,21-22,24H,10-18H2,1-5H3,(H,30,31,32). The molecule has 0 spiro atoms. The van der Waals surface area contributed by atoms with Gasteiger partial charge in [-0.15, -0.1) is 0 Å². The Labute approximate surface area is 220 Å². The Morgan fingerprint density at radius 2 is 1.73 bits per heavy atom. The van der Waals surface area contributed by atoms with Gasteiger partial charge in [0.2, 0.25) is 0 Å². The Morgan fingerprint density at radius 1 is 1.08 bits per heavy atom. The molecule has 3 aliphatic heterocycles. The molecule has 8 heteroatoms. The van der Waals surface area contributed by atoms with E-state index in [0.29, 0.717) is 35.9 Å². The molecule has 200 valence electrons. The van der Waals surface area contributed by atoms with Crippen LogP contribution in [0.3, 0.4) is 0 Å². The Kier molecular flexibility index (Phi) is 7.41. The summed E-state index contributed by atoms with van der Waals surface area (Å²) in [6, 6.07) is 9.38. The van der Waals surface area contributed by atoms with E-state index in [1.807, 2.05) is 11.8 Å². The van der Waals surface area contributed by atoms with Crippen molar-refractivity contribution >= 4 is 11.7 Å². The predicted octanol–water partition coefficient (Wildman–Crippen LogP) is 3.89. The highest BCUT2D eigenvalue weighted by Gasteiger charge is 2.40. The second-order valence-corrected chi connectivity index (χ2v) is 11.9. The van der Waals surface area contributed by atoms with Gasteiger partial charge in [0.15, 0.2) is 0 Å². The van der Waals surface area contributed by atoms with Gasteiger partial charge >= 0.3 is 6.01 Å². The maximum absolute atomic E-state index is 13.6. The SMILES string of the molecule is COc1nc(NCc2ccc(C(C)(C)C)cc2)c(C)c(C(=O)N2CCC(N3CC4COCC4C3)CC2)n1. The summed E-state index contributed by atoms with van der Waals surface area (Å²) >= 11 is 0. The number of piperidine rings is 1. The van der Waals surface area contributed by atoms with Crippen molar-refractivity contribution in [2.45, 2.75) is 58.5 Å². The smallest absolute Gasteiger partial charge is 0.318 e. The molecule has 0 aliphatic carbocycles. The van der Waals surface area contributed by atoms with Gasteiger partial charge in [-0.3, -0.25) is 9.69 Å². The van der Waals surface area contributed by atoms with Gasteiger partial charge in [-0.25, -0.2) is 0 Å². The fraction of sp³-hybridized carbons (Fsp3) is 0.621. The Balaban J connectivity index is 1.23. The van der Waals surface area contributed by atoms with Crippen LogP contribution in [0.2, 0.25) is 0 Å². The van der Waals surface area contributed by atoms with Crippen molar-refractivity contribution in [3.8, 4) is 6.01 Å². The molecule has 1 N–H and O–H groups in total. The number of hydrogen-bond donors (Lipinski definition) is 1. The van der Waals surface area contributed by atoms with Crippen LogP contribution in [-0.4, -0.2) is 78.2 Å². The number of nitrogens with zero attached hydrogens (tertiary/aromatic N) is 4. The van der Waals surface area contributed by atoms with Gasteiger partial charge in [0.25, 0.3) is 5.91 Å². The predicted molar refractivity (Wildman–Crippen MR) is 144 cm³/mol. The lowest BCUT2D eigenvalue weighted by molar-refractivity contribution is 0.0611. The largest absolute Gasteiger partial charge is 0.467 e. The number of carbonyl (C=O) groups excluding carboxylic acids is 1. The molecule has 1 aromatic carbocycles. The van der Waals surface area contributed by atoms with E-state index in [4.69, 9.17) is 9.47 Å². The number of rotatable bonds is 6. The third-order valence-electron chi connectivity index (χ3n) is 8.33. The van der Waals surface area contributed by atoms with Crippen LogP contribution in [0.1, 0.15) is 60.8 Å². The van der Waals surface area contributed by atoms with Gasteiger partial charge in [-0.1, -0.05) is 45.0 Å². The van der Waals surface area contributed by atoms with Gasteiger partial charge in [0.1, 0.15) is 11.5 Å². The van der Waals surface area contributed by atoms with Crippen molar-refractivity contribution in [2.24, 2.45) is 11.8 Å². The van der Waals surface area contributed by atoms with E-state index >= 15 is 0 Å². The highest BCUT2D eigenvalue weighted by molar-refractivity contribution is 5.95. The number of nitrogens with one attached hydrogen (secondary N) is 1. The average Bonchev–Trinajstić information content (AvgIpc) is 3.50. The third kappa shape index (κ3) is 5.60. The highest BCUT2D eigenvalue weighted by Crippen LogP contribution is 2.33. The number of amides is 1. The topological polar surface area (TPSA) is 79.8 Å². The molecule has 3 aliphatic rings. The van der Waals surface area contributed by atoms with E-state index in [1.54, 1.807) is 0 Å². The van der Waals surface area contributed by atoms with Crippen LogP contribution in [-0.2, 0) is 16.7 Å². The van der Waals surface area contributed by atoms with Crippen molar-refractivity contribution in [3.05, 3.63) is 46.6 Å². The minimum Gasteiger partial charge on any atom is -0.467 e. The van der Waals surface area contributed by atoms with Crippen LogP contribution < -0.4 is 10.1 Å². The van der Waals surface area contributed by atoms with Crippen molar-refractivity contribution < 1.29 is 14.3 Å². The van der Waals surface area contributed by atoms with E-state index < -0.39 is 0 Å². The van der Waals surface area contributed by atoms with E-state index in [1.165, 1.54) is 12.7 Å². The van der Waals surface area contributed by atoms with E-state index in [0.717, 1.165) is 63.4 Å². The zero-order chi connectivity index (χ0) is 26.2. The van der Waals surface area contributed by atoms with Crippen LogP contribution in [0.25, 0.3) is 0 Å². The minimum atomic E-state index is -0.0408. The molecular weight excluding hydrogens is 466 g/mol. The van der Waals surface area contributed by atoms with Crippen molar-refractivity contribution in [3.63, 3.8) is 0 Å². The maximum atomic E-state index is 13.6. The van der Waals surface area contributed by atoms with Gasteiger partial charge in [0, 0.05) is 56.2 Å². The first-order valence-electron chi connectivity index (χ1n) is 13.6. The molecule has 5 rings (SSSR count). The molecule has 1 aromatic heterocycles. The summed E-state index contributed by atoms with van der Waals surface area (Å²) in [5.74, 6) is 1.98. The zero-order valence-corrected chi connectivity index (χ0v) is 22.9. The number of likely N-dealkylation sites (tertiary alicyclic amines) is 2. The molecule has 3 fully saturated rings. The van der Waals surface area contributed by atoms with Crippen molar-refractivity contribution in [2.75, 3.05) is 51.8 Å². The molecule has 0 saturated carbocycles. The lowest BCUT2D eigenvalue weighted by Crippen LogP contribution is -2.46. The highest BCUT2D eigenvalue weighted by atomic mass is 16.5. The third-order valence-corrected chi connectivity index (χ3v) is 8.33. The molecule has 4 heterocycles. The number of aromatic nitrogens is 2. The second kappa shape index (κ2) is 10.6. The number of hydrogen-bond acceptors (Lipinski definition) is 7. The maximum Gasteiger partial charge on any atom is 0.318 e. The number of benzene rings is 1. The monoisotopic (exact) mass is 507 g/mol. The normalized spacial score (nSPS) is 22.8. The van der Waals surface area contributed by atoms with Crippen LogP contribution in [0, 0.1) is 18.8 Å². The zero-order valence-electron chi connectivity index (χ0n) is 22.9. The molecule has 1 amide bonds. The number of anilines is 1. The van der Waals surface area contributed by atoms with E-state index in [2.05, 4.69) is 65.2 Å². The first-order chi connectivity index (χ1) is 17.7. The summed E-state index contributed by atoms with van der Waals surface area (Å²) < 4.78 is 11.0. The van der Waals surface area contributed by atoms with Gasteiger partial charge < -0.3 is 19.7 Å². The fourth-order valence-corrected chi connectivity index (χ4v) is 5.88. The van der Waals surface area contributed by atoms with Gasteiger partial charge in [0.05, 0.1) is 20.3 Å². The van der Waals surface area contributed by atoms with Crippen LogP contribution in [0.5, 0.6) is 6.01 Å². The van der Waals surface area contributed by atoms with Crippen LogP contribution in [0.4, 0.5) is 5.82 Å². The first-order valence-corrected chi connectivity index (χ1v) is 13.6. The lowest BCUT2D eigenvalue weighted by atomic mass is 9.87.